The van der Waals surface area contributed by atoms with E-state index in [1.165, 1.54) is 10.9 Å². The van der Waals surface area contributed by atoms with Crippen molar-refractivity contribution < 1.29 is 0 Å². The Bertz CT molecular complexity index is 539. The first kappa shape index (κ1) is 9.69. The lowest BCUT2D eigenvalue weighted by Crippen LogP contribution is -2.02. The van der Waals surface area contributed by atoms with Crippen LogP contribution in [0.1, 0.15) is 11.3 Å². The van der Waals surface area contributed by atoms with E-state index >= 15 is 0 Å². The highest BCUT2D eigenvalue weighted by atomic mass is 35.5. The number of hydrogen-bond donors (Lipinski definition) is 0. The van der Waals surface area contributed by atoms with E-state index in [2.05, 4.69) is 16.2 Å². The summed E-state index contributed by atoms with van der Waals surface area (Å²) >= 11 is 5.75. The van der Waals surface area contributed by atoms with Crippen molar-refractivity contribution in [3.05, 3.63) is 40.8 Å². The van der Waals surface area contributed by atoms with E-state index < -0.39 is 0 Å². The van der Waals surface area contributed by atoms with Crippen molar-refractivity contribution in [2.24, 2.45) is 0 Å². The summed E-state index contributed by atoms with van der Waals surface area (Å²) in [5.41, 5.74) is 1.30. The zero-order chi connectivity index (χ0) is 10.8. The summed E-state index contributed by atoms with van der Waals surface area (Å²) in [5.74, 6) is 0.504. The van der Waals surface area contributed by atoms with Crippen molar-refractivity contribution in [1.82, 2.24) is 14.8 Å². The lowest BCUT2D eigenvalue weighted by Gasteiger charge is -2.03. The fraction of sp³-hybridized carbons (Fsp3) is 0.100. The van der Waals surface area contributed by atoms with Gasteiger partial charge in [-0.3, -0.25) is 0 Å². The number of nitrogens with zero attached hydrogens (tertiary/aromatic N) is 4. The number of halogens is 1. The van der Waals surface area contributed by atoms with E-state index in [9.17, 15) is 0 Å². The molecule has 0 aliphatic rings. The molecule has 2 rings (SSSR count). The minimum atomic E-state index is 0.473. The average molecular weight is 219 g/mol. The van der Waals surface area contributed by atoms with E-state index in [0.717, 1.165) is 5.69 Å². The molecular weight excluding hydrogens is 212 g/mol. The third-order valence-electron chi connectivity index (χ3n) is 1.90. The summed E-state index contributed by atoms with van der Waals surface area (Å²) in [7, 11) is 0. The van der Waals surface area contributed by atoms with Crippen LogP contribution >= 0.6 is 11.6 Å². The molecule has 2 aromatic heterocycles. The van der Waals surface area contributed by atoms with Crippen molar-refractivity contribution in [3.63, 3.8) is 0 Å². The molecule has 5 heteroatoms. The molecule has 0 aliphatic heterocycles. The highest BCUT2D eigenvalue weighted by Gasteiger charge is 2.07. The van der Waals surface area contributed by atoms with Crippen LogP contribution in [-0.2, 0) is 0 Å². The van der Waals surface area contributed by atoms with Crippen LogP contribution in [-0.4, -0.2) is 14.8 Å². The van der Waals surface area contributed by atoms with Crippen LogP contribution in [0.4, 0.5) is 0 Å². The Hall–Kier alpha value is -1.86. The van der Waals surface area contributed by atoms with E-state index in [-0.39, 0.29) is 0 Å². The van der Waals surface area contributed by atoms with Gasteiger partial charge in [0.15, 0.2) is 5.82 Å². The zero-order valence-electron chi connectivity index (χ0n) is 7.98. The van der Waals surface area contributed by atoms with Crippen molar-refractivity contribution >= 4 is 11.6 Å². The van der Waals surface area contributed by atoms with Gasteiger partial charge in [-0.05, 0) is 19.1 Å². The minimum absolute atomic E-state index is 0.473. The van der Waals surface area contributed by atoms with Gasteiger partial charge < -0.3 is 0 Å². The summed E-state index contributed by atoms with van der Waals surface area (Å²) in [4.78, 5) is 4.25. The molecule has 0 aliphatic carbocycles. The second kappa shape index (κ2) is 3.71. The summed E-state index contributed by atoms with van der Waals surface area (Å²) in [6.45, 7) is 1.86. The Labute approximate surface area is 91.7 Å². The first-order chi connectivity index (χ1) is 7.20. The monoisotopic (exact) mass is 218 g/mol. The van der Waals surface area contributed by atoms with Crippen molar-refractivity contribution in [1.29, 1.82) is 5.26 Å². The van der Waals surface area contributed by atoms with E-state index in [1.54, 1.807) is 18.3 Å². The molecule has 0 unspecified atom stereocenters. The van der Waals surface area contributed by atoms with Gasteiger partial charge in [-0.1, -0.05) is 11.6 Å². The molecule has 74 valence electrons. The SMILES string of the molecule is Cc1ccc(C#N)c(-n2cc(Cl)cn2)n1. The molecule has 0 fully saturated rings. The van der Waals surface area contributed by atoms with Crippen molar-refractivity contribution in [2.75, 3.05) is 0 Å². The third-order valence-corrected chi connectivity index (χ3v) is 2.10. The molecule has 0 saturated carbocycles. The lowest BCUT2D eigenvalue weighted by atomic mass is 10.2. The van der Waals surface area contributed by atoms with Crippen LogP contribution in [0.3, 0.4) is 0 Å². The molecule has 2 aromatic rings. The minimum Gasteiger partial charge on any atom is -0.233 e. The van der Waals surface area contributed by atoms with Gasteiger partial charge in [0.1, 0.15) is 6.07 Å². The molecule has 2 heterocycles. The highest BCUT2D eigenvalue weighted by molar-refractivity contribution is 6.30. The van der Waals surface area contributed by atoms with Crippen LogP contribution in [0.5, 0.6) is 0 Å². The zero-order valence-corrected chi connectivity index (χ0v) is 8.73. The number of pyridine rings is 1. The normalized spacial score (nSPS) is 9.93. The second-order valence-electron chi connectivity index (χ2n) is 3.04. The molecule has 0 spiro atoms. The number of rotatable bonds is 1. The smallest absolute Gasteiger partial charge is 0.171 e. The first-order valence-electron chi connectivity index (χ1n) is 4.29. The number of aromatic nitrogens is 3. The summed E-state index contributed by atoms with van der Waals surface area (Å²) < 4.78 is 1.49. The Balaban J connectivity index is 2.61. The molecule has 0 N–H and O–H groups in total. The lowest BCUT2D eigenvalue weighted by molar-refractivity contribution is 0.837. The van der Waals surface area contributed by atoms with Gasteiger partial charge in [-0.15, -0.1) is 0 Å². The highest BCUT2D eigenvalue weighted by Crippen LogP contribution is 2.14. The van der Waals surface area contributed by atoms with Gasteiger partial charge in [0.25, 0.3) is 0 Å². The van der Waals surface area contributed by atoms with Gasteiger partial charge in [-0.25, -0.2) is 9.67 Å². The maximum atomic E-state index is 8.91. The predicted octanol–water partition coefficient (Wildman–Crippen LogP) is 2.10. The van der Waals surface area contributed by atoms with Gasteiger partial charge >= 0.3 is 0 Å². The largest absolute Gasteiger partial charge is 0.233 e. The van der Waals surface area contributed by atoms with E-state index in [0.29, 0.717) is 16.4 Å². The Kier molecular flexibility index (Phi) is 2.40. The van der Waals surface area contributed by atoms with Crippen molar-refractivity contribution in [2.45, 2.75) is 6.92 Å². The molecule has 0 radical (unpaired) electrons. The van der Waals surface area contributed by atoms with Crippen LogP contribution in [0.15, 0.2) is 24.5 Å². The van der Waals surface area contributed by atoms with E-state index in [4.69, 9.17) is 16.9 Å². The molecule has 0 bridgehead atoms. The Morgan fingerprint density at radius 2 is 2.27 bits per heavy atom. The number of aryl methyl sites for hydroxylation is 1. The van der Waals surface area contributed by atoms with E-state index in [1.807, 2.05) is 6.92 Å². The number of hydrogen-bond acceptors (Lipinski definition) is 3. The quantitative estimate of drug-likeness (QED) is 0.737. The fourth-order valence-corrected chi connectivity index (χ4v) is 1.36. The Morgan fingerprint density at radius 3 is 2.87 bits per heavy atom. The average Bonchev–Trinajstić information content (AvgIpc) is 2.65. The standard InChI is InChI=1S/C10H7ClN4/c1-7-2-3-8(4-12)10(14-7)15-6-9(11)5-13-15/h2-3,5-6H,1H3. The van der Waals surface area contributed by atoms with Gasteiger partial charge in [0.05, 0.1) is 23.0 Å². The molecule has 15 heavy (non-hydrogen) atoms. The van der Waals surface area contributed by atoms with Gasteiger partial charge in [0, 0.05) is 5.69 Å². The molecule has 4 nitrogen and oxygen atoms in total. The second-order valence-corrected chi connectivity index (χ2v) is 3.48. The molecule has 0 amide bonds. The number of nitriles is 1. The topological polar surface area (TPSA) is 54.5 Å². The molecule has 0 atom stereocenters. The van der Waals surface area contributed by atoms with Crippen LogP contribution in [0, 0.1) is 18.3 Å². The van der Waals surface area contributed by atoms with Gasteiger partial charge in [-0.2, -0.15) is 10.4 Å². The summed E-state index contributed by atoms with van der Waals surface area (Å²) in [6, 6.07) is 5.56. The maximum Gasteiger partial charge on any atom is 0.171 e. The first-order valence-corrected chi connectivity index (χ1v) is 4.67. The van der Waals surface area contributed by atoms with Gasteiger partial charge in [0.2, 0.25) is 0 Å². The predicted molar refractivity (Wildman–Crippen MR) is 55.8 cm³/mol. The third kappa shape index (κ3) is 1.83. The summed E-state index contributed by atoms with van der Waals surface area (Å²) in [6.07, 6.45) is 3.12. The van der Waals surface area contributed by atoms with Crippen LogP contribution in [0.25, 0.3) is 5.82 Å². The van der Waals surface area contributed by atoms with Crippen LogP contribution < -0.4 is 0 Å². The molecular formula is C10H7ClN4. The van der Waals surface area contributed by atoms with Crippen molar-refractivity contribution in [3.8, 4) is 11.9 Å². The maximum absolute atomic E-state index is 8.91. The molecule has 0 saturated heterocycles. The fourth-order valence-electron chi connectivity index (χ4n) is 1.22. The summed E-state index contributed by atoms with van der Waals surface area (Å²) in [5, 5.41) is 13.4. The van der Waals surface area contributed by atoms with Crippen LogP contribution in [0.2, 0.25) is 5.02 Å². The molecule has 0 aromatic carbocycles. The Morgan fingerprint density at radius 1 is 1.47 bits per heavy atom.